The molecule has 1 heteroatoms. The molecule has 0 aromatic heterocycles. The molecule has 0 saturated heterocycles. The molecule has 0 unspecified atom stereocenters. The van der Waals surface area contributed by atoms with E-state index in [1.165, 1.54) is 0 Å². The maximum absolute atomic E-state index is 3.42. The summed E-state index contributed by atoms with van der Waals surface area (Å²) in [7, 11) is 1.89. The lowest BCUT2D eigenvalue weighted by Gasteiger charge is -1.52. The van der Waals surface area contributed by atoms with Gasteiger partial charge in [-0.25, -0.2) is 0 Å². The SMILES string of the molecule is C=C[B]C. The summed E-state index contributed by atoms with van der Waals surface area (Å²) in [5, 5.41) is 0. The Hall–Kier alpha value is -0.195. The maximum Gasteiger partial charge on any atom is 0.137 e. The molecule has 0 fully saturated rings. The Kier molecular flexibility index (Phi) is 2.67. The van der Waals surface area contributed by atoms with Crippen LogP contribution in [0.4, 0.5) is 0 Å². The molecule has 1 radical (unpaired) electrons. The fourth-order valence-corrected chi connectivity index (χ4v) is 0. The smallest absolute Gasteiger partial charge is 0.130 e. The van der Waals surface area contributed by atoms with Gasteiger partial charge < -0.3 is 0 Å². The zero-order valence-electron chi connectivity index (χ0n) is 2.86. The van der Waals surface area contributed by atoms with Gasteiger partial charge >= 0.3 is 0 Å². The van der Waals surface area contributed by atoms with Crippen LogP contribution in [-0.2, 0) is 0 Å². The number of hydrogen-bond acceptors (Lipinski definition) is 0. The van der Waals surface area contributed by atoms with Gasteiger partial charge in [0.15, 0.2) is 0 Å². The van der Waals surface area contributed by atoms with Crippen LogP contribution in [0.25, 0.3) is 0 Å². The van der Waals surface area contributed by atoms with E-state index >= 15 is 0 Å². The van der Waals surface area contributed by atoms with Gasteiger partial charge in [-0.3, -0.25) is 0 Å². The van der Waals surface area contributed by atoms with Gasteiger partial charge in [-0.15, -0.1) is 12.6 Å². The lowest BCUT2D eigenvalue weighted by molar-refractivity contribution is 2.26. The molecule has 0 saturated carbocycles. The largest absolute Gasteiger partial charge is 0.137 e. The predicted octanol–water partition coefficient (Wildman–Crippen LogP) is 0.882. The first kappa shape index (κ1) is 3.80. The summed E-state index contributed by atoms with van der Waals surface area (Å²) >= 11 is 0. The molecule has 4 heavy (non-hydrogen) atoms. The molecule has 0 bridgehead atoms. The van der Waals surface area contributed by atoms with E-state index in [1.54, 1.807) is 5.98 Å². The molecule has 0 N–H and O–H groups in total. The van der Waals surface area contributed by atoms with Crippen molar-refractivity contribution >= 4 is 7.28 Å². The third kappa shape index (κ3) is 1.80. The highest BCUT2D eigenvalue weighted by Gasteiger charge is 1.51. The third-order valence-corrected chi connectivity index (χ3v) is 0.236. The second-order valence-electron chi connectivity index (χ2n) is 0.569. The van der Waals surface area contributed by atoms with Crippen LogP contribution in [0.2, 0.25) is 6.82 Å². The Morgan fingerprint density at radius 2 is 2.25 bits per heavy atom. The molecule has 0 amide bonds. The van der Waals surface area contributed by atoms with Crippen molar-refractivity contribution in [3.63, 3.8) is 0 Å². The zero-order chi connectivity index (χ0) is 3.41. The van der Waals surface area contributed by atoms with Crippen LogP contribution < -0.4 is 0 Å². The minimum absolute atomic E-state index is 1.75. The van der Waals surface area contributed by atoms with Crippen LogP contribution in [0.3, 0.4) is 0 Å². The Balaban J connectivity index is 2.30. The van der Waals surface area contributed by atoms with Gasteiger partial charge in [-0.1, -0.05) is 6.82 Å². The first-order valence-electron chi connectivity index (χ1n) is 1.32. The van der Waals surface area contributed by atoms with E-state index < -0.39 is 0 Å². The van der Waals surface area contributed by atoms with Gasteiger partial charge in [-0.2, -0.15) is 0 Å². The lowest BCUT2D eigenvalue weighted by atomic mass is 9.84. The molecule has 0 aromatic carbocycles. The average Bonchev–Trinajstić information content (AvgIpc) is 1.37. The highest BCUT2D eigenvalue weighted by molar-refractivity contribution is 6.39. The lowest BCUT2D eigenvalue weighted by Crippen LogP contribution is -1.61. The number of rotatable bonds is 1. The minimum Gasteiger partial charge on any atom is -0.130 e. The summed E-state index contributed by atoms with van der Waals surface area (Å²) in [5.41, 5.74) is 0. The Bertz CT molecular complexity index is 17.2. The van der Waals surface area contributed by atoms with E-state index in [1.807, 2.05) is 14.1 Å². The molecule has 0 spiro atoms. The topological polar surface area (TPSA) is 0 Å². The molecular weight excluding hydrogens is 46.8 g/mol. The van der Waals surface area contributed by atoms with Crippen LogP contribution in [-0.4, -0.2) is 7.28 Å². The van der Waals surface area contributed by atoms with Gasteiger partial charge in [0.2, 0.25) is 0 Å². The summed E-state index contributed by atoms with van der Waals surface area (Å²) in [4.78, 5) is 0. The van der Waals surface area contributed by atoms with E-state index in [4.69, 9.17) is 0 Å². The Morgan fingerprint density at radius 3 is 2.25 bits per heavy atom. The van der Waals surface area contributed by atoms with E-state index in [0.29, 0.717) is 0 Å². The van der Waals surface area contributed by atoms with Crippen molar-refractivity contribution in [1.29, 1.82) is 0 Å². The van der Waals surface area contributed by atoms with Crippen molar-refractivity contribution in [2.75, 3.05) is 0 Å². The number of hydrogen-bond donors (Lipinski definition) is 0. The normalized spacial score (nSPS) is 5.25. The van der Waals surface area contributed by atoms with Crippen molar-refractivity contribution in [3.05, 3.63) is 12.6 Å². The van der Waals surface area contributed by atoms with Gasteiger partial charge in [0.05, 0.1) is 0 Å². The Labute approximate surface area is 27.8 Å². The van der Waals surface area contributed by atoms with Crippen LogP contribution in [0.1, 0.15) is 0 Å². The molecule has 0 atom stereocenters. The highest BCUT2D eigenvalue weighted by Crippen LogP contribution is 1.48. The summed E-state index contributed by atoms with van der Waals surface area (Å²) in [6, 6.07) is 0. The average molecular weight is 52.9 g/mol. The highest BCUT2D eigenvalue weighted by atomic mass is 13.1. The van der Waals surface area contributed by atoms with Gasteiger partial charge in [0, 0.05) is 0 Å². The molecule has 0 aliphatic rings. The van der Waals surface area contributed by atoms with E-state index in [2.05, 4.69) is 6.58 Å². The van der Waals surface area contributed by atoms with Crippen molar-refractivity contribution in [3.8, 4) is 0 Å². The first-order chi connectivity index (χ1) is 1.91. The van der Waals surface area contributed by atoms with Gasteiger partial charge in [0.25, 0.3) is 0 Å². The van der Waals surface area contributed by atoms with Crippen molar-refractivity contribution in [1.82, 2.24) is 0 Å². The predicted molar refractivity (Wildman–Crippen MR) is 21.8 cm³/mol. The first-order valence-corrected chi connectivity index (χ1v) is 1.32. The maximum atomic E-state index is 3.42. The van der Waals surface area contributed by atoms with Crippen LogP contribution in [0.15, 0.2) is 12.6 Å². The molecule has 0 aliphatic heterocycles. The monoisotopic (exact) mass is 53.1 g/mol. The molecule has 0 rings (SSSR count). The molecule has 0 aromatic rings. The molecule has 0 heterocycles. The summed E-state index contributed by atoms with van der Waals surface area (Å²) in [6.07, 6.45) is 0. The van der Waals surface area contributed by atoms with Crippen LogP contribution >= 0.6 is 0 Å². The molecule has 0 nitrogen and oxygen atoms in total. The second-order valence-corrected chi connectivity index (χ2v) is 0.569. The summed E-state index contributed by atoms with van der Waals surface area (Å²) in [5.74, 6) is 1.75. The molecule has 0 aliphatic carbocycles. The fraction of sp³-hybridized carbons (Fsp3) is 0.333. The van der Waals surface area contributed by atoms with Crippen LogP contribution in [0, 0.1) is 0 Å². The standard InChI is InChI=1S/C3H6B/c1-3-4-2/h3H,1H2,2H3. The molecule has 21 valence electrons. The Morgan fingerprint density at radius 1 is 2.00 bits per heavy atom. The quantitative estimate of drug-likeness (QED) is 0.389. The zero-order valence-corrected chi connectivity index (χ0v) is 2.86. The van der Waals surface area contributed by atoms with Gasteiger partial charge in [0.1, 0.15) is 7.28 Å². The van der Waals surface area contributed by atoms with Crippen LogP contribution in [0.5, 0.6) is 0 Å². The van der Waals surface area contributed by atoms with Gasteiger partial charge in [-0.05, 0) is 0 Å². The van der Waals surface area contributed by atoms with E-state index in [9.17, 15) is 0 Å². The van der Waals surface area contributed by atoms with Crippen molar-refractivity contribution < 1.29 is 0 Å². The summed E-state index contributed by atoms with van der Waals surface area (Å²) in [6.45, 7) is 5.36. The summed E-state index contributed by atoms with van der Waals surface area (Å²) < 4.78 is 0. The third-order valence-electron chi connectivity index (χ3n) is 0.236. The van der Waals surface area contributed by atoms with E-state index in [-0.39, 0.29) is 0 Å². The minimum atomic E-state index is 1.75. The second kappa shape index (κ2) is 2.80. The fourth-order valence-electron chi connectivity index (χ4n) is 0. The van der Waals surface area contributed by atoms with Crippen molar-refractivity contribution in [2.45, 2.75) is 6.82 Å². The molecular formula is C3H6B. The van der Waals surface area contributed by atoms with E-state index in [0.717, 1.165) is 0 Å². The van der Waals surface area contributed by atoms with Crippen molar-refractivity contribution in [2.24, 2.45) is 0 Å².